The van der Waals surface area contributed by atoms with Crippen LogP contribution in [0.15, 0.2) is 54.6 Å². The summed E-state index contributed by atoms with van der Waals surface area (Å²) >= 11 is 0. The third kappa shape index (κ3) is 4.25. The van der Waals surface area contributed by atoms with Gasteiger partial charge in [0.1, 0.15) is 6.29 Å². The number of nitrogens with zero attached hydrogens (tertiary/aromatic N) is 2. The Morgan fingerprint density at radius 3 is 2.21 bits per heavy atom. The van der Waals surface area contributed by atoms with E-state index in [1.165, 1.54) is 24.0 Å². The van der Waals surface area contributed by atoms with Crippen LogP contribution in [0.25, 0.3) is 0 Å². The predicted molar refractivity (Wildman–Crippen MR) is 131 cm³/mol. The van der Waals surface area contributed by atoms with Crippen LogP contribution in [0.4, 0.5) is 0 Å². The van der Waals surface area contributed by atoms with Crippen molar-refractivity contribution in [3.05, 3.63) is 71.3 Å². The summed E-state index contributed by atoms with van der Waals surface area (Å²) in [7, 11) is 0. The Bertz CT molecular complexity index is 1030. The molecule has 5 atom stereocenters. The molecule has 178 valence electrons. The number of nitrogens with one attached hydrogen (secondary N) is 2. The Balaban J connectivity index is 1.03. The number of fused-ring (bicyclic) bond motifs is 1. The molecular formula is C28H34N4O2. The summed E-state index contributed by atoms with van der Waals surface area (Å²) in [5.74, 6) is 1.59. The molecule has 2 aromatic carbocycles. The van der Waals surface area contributed by atoms with E-state index in [0.717, 1.165) is 37.9 Å². The number of amides is 2. The molecule has 4 aliphatic rings. The van der Waals surface area contributed by atoms with Gasteiger partial charge in [0.2, 0.25) is 5.91 Å². The highest BCUT2D eigenvalue weighted by Crippen LogP contribution is 2.54. The molecule has 2 saturated heterocycles. The quantitative estimate of drug-likeness (QED) is 0.738. The summed E-state index contributed by atoms with van der Waals surface area (Å²) in [5.41, 5.74) is 3.51. The highest BCUT2D eigenvalue weighted by Gasteiger charge is 2.41. The molecule has 6 nitrogen and oxygen atoms in total. The lowest BCUT2D eigenvalue weighted by atomic mass is 9.82. The average molecular weight is 459 g/mol. The molecule has 2 aliphatic carbocycles. The molecule has 0 spiro atoms. The van der Waals surface area contributed by atoms with Crippen molar-refractivity contribution in [2.75, 3.05) is 26.2 Å². The summed E-state index contributed by atoms with van der Waals surface area (Å²) in [6.45, 7) is 2.89. The van der Waals surface area contributed by atoms with Crippen molar-refractivity contribution in [2.24, 2.45) is 5.92 Å². The standard InChI is InChI=1S/C28H34N4O2/c33-26-22-8-4-5-9-25(22)29-28(30-26)32-16-14-31(15-17-32)27(34)21-12-10-20(11-13-21)24-18-23(24)19-6-2-1-3-7-19/h1-3,6-7,10-13,22-25,28-29H,4-5,8-9,14-18H2,(H,30,33)/t22?,23-,24-,25?,28?/m1/s1. The molecule has 6 heteroatoms. The lowest BCUT2D eigenvalue weighted by molar-refractivity contribution is -0.134. The Hall–Kier alpha value is -2.70. The number of benzene rings is 2. The number of carbonyl (C=O) groups is 2. The molecule has 2 N–H and O–H groups in total. The van der Waals surface area contributed by atoms with Crippen LogP contribution in [0.3, 0.4) is 0 Å². The topological polar surface area (TPSA) is 64.7 Å². The molecule has 0 radical (unpaired) electrons. The number of hydrogen-bond donors (Lipinski definition) is 2. The number of piperazine rings is 1. The van der Waals surface area contributed by atoms with Gasteiger partial charge in [-0.25, -0.2) is 0 Å². The molecule has 2 aromatic rings. The van der Waals surface area contributed by atoms with Crippen LogP contribution in [0.5, 0.6) is 0 Å². The fourth-order valence-corrected chi connectivity index (χ4v) is 6.20. The molecule has 2 saturated carbocycles. The van der Waals surface area contributed by atoms with Crippen LogP contribution in [-0.4, -0.2) is 60.1 Å². The molecule has 2 amide bonds. The van der Waals surface area contributed by atoms with Gasteiger partial charge in [-0.05, 0) is 54.4 Å². The van der Waals surface area contributed by atoms with Crippen molar-refractivity contribution in [3.8, 4) is 0 Å². The van der Waals surface area contributed by atoms with Gasteiger partial charge in [0, 0.05) is 37.8 Å². The first-order valence-electron chi connectivity index (χ1n) is 12.9. The summed E-state index contributed by atoms with van der Waals surface area (Å²) in [6.07, 6.45) is 5.49. The largest absolute Gasteiger partial charge is 0.336 e. The van der Waals surface area contributed by atoms with Crippen molar-refractivity contribution in [2.45, 2.75) is 56.3 Å². The van der Waals surface area contributed by atoms with Crippen molar-refractivity contribution >= 4 is 11.8 Å². The van der Waals surface area contributed by atoms with Gasteiger partial charge in [0.15, 0.2) is 0 Å². The molecule has 3 unspecified atom stereocenters. The van der Waals surface area contributed by atoms with Gasteiger partial charge in [-0.2, -0.15) is 0 Å². The van der Waals surface area contributed by atoms with Gasteiger partial charge < -0.3 is 10.2 Å². The minimum Gasteiger partial charge on any atom is -0.336 e. The molecule has 2 aliphatic heterocycles. The fraction of sp³-hybridized carbons (Fsp3) is 0.500. The van der Waals surface area contributed by atoms with Gasteiger partial charge in [0.05, 0.1) is 5.92 Å². The third-order valence-electron chi connectivity index (χ3n) is 8.32. The second-order valence-corrected chi connectivity index (χ2v) is 10.4. The minimum absolute atomic E-state index is 0.106. The van der Waals surface area contributed by atoms with Crippen LogP contribution in [0.2, 0.25) is 0 Å². The maximum Gasteiger partial charge on any atom is 0.253 e. The van der Waals surface area contributed by atoms with E-state index < -0.39 is 0 Å². The smallest absolute Gasteiger partial charge is 0.253 e. The Kier molecular flexibility index (Phi) is 5.87. The van der Waals surface area contributed by atoms with E-state index in [1.54, 1.807) is 0 Å². The van der Waals surface area contributed by atoms with Crippen LogP contribution >= 0.6 is 0 Å². The Morgan fingerprint density at radius 2 is 1.47 bits per heavy atom. The normalized spacial score (nSPS) is 31.5. The van der Waals surface area contributed by atoms with Gasteiger partial charge in [-0.1, -0.05) is 55.3 Å². The summed E-state index contributed by atoms with van der Waals surface area (Å²) in [6, 6.07) is 19.3. The summed E-state index contributed by atoms with van der Waals surface area (Å²) < 4.78 is 0. The van der Waals surface area contributed by atoms with Crippen LogP contribution < -0.4 is 10.6 Å². The lowest BCUT2D eigenvalue weighted by Gasteiger charge is -2.46. The fourth-order valence-electron chi connectivity index (χ4n) is 6.20. The van der Waals surface area contributed by atoms with E-state index in [2.05, 4.69) is 58.0 Å². The van der Waals surface area contributed by atoms with Crippen molar-refractivity contribution < 1.29 is 9.59 Å². The van der Waals surface area contributed by atoms with Gasteiger partial charge in [0.25, 0.3) is 5.91 Å². The van der Waals surface area contributed by atoms with E-state index in [-0.39, 0.29) is 24.0 Å². The average Bonchev–Trinajstić information content (AvgIpc) is 3.70. The molecule has 0 aromatic heterocycles. The highest BCUT2D eigenvalue weighted by molar-refractivity contribution is 5.94. The molecule has 0 bridgehead atoms. The van der Waals surface area contributed by atoms with Gasteiger partial charge >= 0.3 is 0 Å². The lowest BCUT2D eigenvalue weighted by Crippen LogP contribution is -2.69. The molecule has 2 heterocycles. The maximum atomic E-state index is 13.1. The van der Waals surface area contributed by atoms with E-state index in [9.17, 15) is 9.59 Å². The SMILES string of the molecule is O=C1NC(N2CCN(C(=O)c3ccc([C@H]4C[C@@H]4c4ccccc4)cc3)CC2)NC2CCCCC12. The number of hydrogen-bond acceptors (Lipinski definition) is 4. The maximum absolute atomic E-state index is 13.1. The monoisotopic (exact) mass is 458 g/mol. The number of rotatable bonds is 4. The zero-order chi connectivity index (χ0) is 23.1. The first-order chi connectivity index (χ1) is 16.7. The molecular weight excluding hydrogens is 424 g/mol. The Morgan fingerprint density at radius 1 is 0.794 bits per heavy atom. The van der Waals surface area contributed by atoms with E-state index >= 15 is 0 Å². The van der Waals surface area contributed by atoms with Crippen molar-refractivity contribution in [1.29, 1.82) is 0 Å². The van der Waals surface area contributed by atoms with E-state index in [0.29, 0.717) is 31.0 Å². The minimum atomic E-state index is -0.112. The van der Waals surface area contributed by atoms with E-state index in [1.807, 2.05) is 17.0 Å². The molecule has 34 heavy (non-hydrogen) atoms. The summed E-state index contributed by atoms with van der Waals surface area (Å²) in [5, 5.41) is 6.83. The predicted octanol–water partition coefficient (Wildman–Crippen LogP) is 3.28. The van der Waals surface area contributed by atoms with Crippen LogP contribution in [0.1, 0.15) is 65.4 Å². The van der Waals surface area contributed by atoms with Crippen molar-refractivity contribution in [3.63, 3.8) is 0 Å². The Labute approximate surface area is 201 Å². The van der Waals surface area contributed by atoms with Gasteiger partial charge in [-0.3, -0.25) is 19.8 Å². The second-order valence-electron chi connectivity index (χ2n) is 10.4. The van der Waals surface area contributed by atoms with Crippen LogP contribution in [0, 0.1) is 5.92 Å². The first kappa shape index (κ1) is 21.8. The van der Waals surface area contributed by atoms with Gasteiger partial charge in [-0.15, -0.1) is 0 Å². The van der Waals surface area contributed by atoms with Crippen LogP contribution in [-0.2, 0) is 4.79 Å². The van der Waals surface area contributed by atoms with Crippen molar-refractivity contribution in [1.82, 2.24) is 20.4 Å². The second kappa shape index (κ2) is 9.16. The zero-order valence-corrected chi connectivity index (χ0v) is 19.7. The number of carbonyl (C=O) groups excluding carboxylic acids is 2. The third-order valence-corrected chi connectivity index (χ3v) is 8.32. The molecule has 4 fully saturated rings. The van der Waals surface area contributed by atoms with E-state index in [4.69, 9.17) is 0 Å². The summed E-state index contributed by atoms with van der Waals surface area (Å²) in [4.78, 5) is 29.9. The first-order valence-corrected chi connectivity index (χ1v) is 12.9. The zero-order valence-electron chi connectivity index (χ0n) is 19.7. The molecule has 6 rings (SSSR count). The highest BCUT2D eigenvalue weighted by atomic mass is 16.2.